The van der Waals surface area contributed by atoms with Crippen LogP contribution in [0.3, 0.4) is 0 Å². The second kappa shape index (κ2) is 12.8. The lowest BCUT2D eigenvalue weighted by atomic mass is 10.0. The van der Waals surface area contributed by atoms with Gasteiger partial charge in [-0.15, -0.1) is 0 Å². The highest BCUT2D eigenvalue weighted by molar-refractivity contribution is 9.10. The van der Waals surface area contributed by atoms with Crippen LogP contribution in [0.15, 0.2) is 75.6 Å². The molecule has 0 saturated heterocycles. The molecule has 1 aromatic heterocycles. The predicted octanol–water partition coefficient (Wildman–Crippen LogP) is 6.63. The van der Waals surface area contributed by atoms with E-state index in [0.717, 1.165) is 32.6 Å². The fourth-order valence-electron chi connectivity index (χ4n) is 3.92. The molecule has 0 atom stereocenters. The summed E-state index contributed by atoms with van der Waals surface area (Å²) in [4.78, 5) is 28.5. The van der Waals surface area contributed by atoms with Crippen LogP contribution < -0.4 is 10.1 Å². The predicted molar refractivity (Wildman–Crippen MR) is 149 cm³/mol. The number of rotatable bonds is 11. The lowest BCUT2D eigenvalue weighted by Gasteiger charge is -2.14. The quantitative estimate of drug-likeness (QED) is 0.201. The maximum Gasteiger partial charge on any atom is 0.303 e. The fourth-order valence-corrected chi connectivity index (χ4v) is 4.68. The number of aryl methyl sites for hydroxylation is 2. The minimum absolute atomic E-state index is 0.0190. The molecule has 0 aliphatic carbocycles. The average Bonchev–Trinajstić information content (AvgIpc) is 3.27. The van der Waals surface area contributed by atoms with Crippen molar-refractivity contribution in [1.82, 2.24) is 10.3 Å². The summed E-state index contributed by atoms with van der Waals surface area (Å²) in [6, 6.07) is 20.2. The molecule has 1 amide bonds. The fraction of sp³-hybridized carbons (Fsp3) is 0.207. The first-order chi connectivity index (χ1) is 18.3. The molecule has 0 aliphatic heterocycles. The molecule has 9 heteroatoms. The number of nitrogens with zero attached hydrogens (tertiary/aromatic N) is 1. The molecular formula is C29H26BrClN2O5. The van der Waals surface area contributed by atoms with E-state index in [1.54, 1.807) is 24.3 Å². The van der Waals surface area contributed by atoms with E-state index in [0.29, 0.717) is 41.7 Å². The summed E-state index contributed by atoms with van der Waals surface area (Å²) < 4.78 is 12.6. The van der Waals surface area contributed by atoms with E-state index in [1.165, 1.54) is 0 Å². The summed E-state index contributed by atoms with van der Waals surface area (Å²) in [5.74, 6) is 0.712. The van der Waals surface area contributed by atoms with Crippen molar-refractivity contribution in [2.45, 2.75) is 32.7 Å². The number of hydrogen-bond acceptors (Lipinski definition) is 5. The van der Waals surface area contributed by atoms with Crippen molar-refractivity contribution in [2.75, 3.05) is 6.61 Å². The Morgan fingerprint density at radius 3 is 2.58 bits per heavy atom. The van der Waals surface area contributed by atoms with Gasteiger partial charge in [-0.3, -0.25) is 9.59 Å². The third-order valence-electron chi connectivity index (χ3n) is 5.92. The number of aliphatic carboxylic acids is 1. The van der Waals surface area contributed by atoms with Gasteiger partial charge in [0, 0.05) is 29.4 Å². The third-order valence-corrected chi connectivity index (χ3v) is 6.73. The molecule has 196 valence electrons. The van der Waals surface area contributed by atoms with Crippen LogP contribution in [0, 0.1) is 6.92 Å². The monoisotopic (exact) mass is 596 g/mol. The van der Waals surface area contributed by atoms with Crippen molar-refractivity contribution in [3.8, 4) is 17.2 Å². The van der Waals surface area contributed by atoms with Crippen LogP contribution in [0.25, 0.3) is 11.5 Å². The molecule has 4 aromatic rings. The molecule has 0 radical (unpaired) electrons. The van der Waals surface area contributed by atoms with E-state index < -0.39 is 5.97 Å². The molecule has 0 unspecified atom stereocenters. The highest BCUT2D eigenvalue weighted by Gasteiger charge is 2.14. The molecule has 0 saturated carbocycles. The topological polar surface area (TPSA) is 102 Å². The van der Waals surface area contributed by atoms with Gasteiger partial charge in [-0.05, 0) is 66.9 Å². The van der Waals surface area contributed by atoms with Crippen molar-refractivity contribution in [3.63, 3.8) is 0 Å². The Labute approximate surface area is 233 Å². The first-order valence-electron chi connectivity index (χ1n) is 12.0. The zero-order valence-electron chi connectivity index (χ0n) is 20.7. The highest BCUT2D eigenvalue weighted by atomic mass is 79.9. The van der Waals surface area contributed by atoms with Gasteiger partial charge in [0.15, 0.2) is 0 Å². The maximum absolute atomic E-state index is 12.7. The molecule has 1 heterocycles. The van der Waals surface area contributed by atoms with Crippen LogP contribution >= 0.6 is 27.5 Å². The second-order valence-electron chi connectivity index (χ2n) is 8.62. The van der Waals surface area contributed by atoms with Crippen molar-refractivity contribution >= 4 is 39.4 Å². The van der Waals surface area contributed by atoms with Gasteiger partial charge >= 0.3 is 5.97 Å². The number of oxazole rings is 1. The van der Waals surface area contributed by atoms with Crippen molar-refractivity contribution < 1.29 is 23.8 Å². The Bertz CT molecular complexity index is 1440. The maximum atomic E-state index is 12.7. The smallest absolute Gasteiger partial charge is 0.303 e. The van der Waals surface area contributed by atoms with E-state index in [1.807, 2.05) is 49.4 Å². The minimum atomic E-state index is -0.889. The van der Waals surface area contributed by atoms with Gasteiger partial charge in [-0.1, -0.05) is 51.8 Å². The van der Waals surface area contributed by atoms with E-state index in [4.69, 9.17) is 25.9 Å². The lowest BCUT2D eigenvalue weighted by molar-refractivity contribution is -0.136. The van der Waals surface area contributed by atoms with Crippen LogP contribution in [0.2, 0.25) is 5.02 Å². The van der Waals surface area contributed by atoms with E-state index in [-0.39, 0.29) is 18.9 Å². The normalized spacial score (nSPS) is 10.8. The Hall–Kier alpha value is -3.62. The molecule has 0 bridgehead atoms. The van der Waals surface area contributed by atoms with Gasteiger partial charge in [-0.25, -0.2) is 4.98 Å². The number of carbonyl (C=O) groups excluding carboxylic acids is 1. The molecule has 7 nitrogen and oxygen atoms in total. The molecule has 4 rings (SSSR count). The summed E-state index contributed by atoms with van der Waals surface area (Å²) >= 11 is 9.55. The molecule has 0 aliphatic rings. The van der Waals surface area contributed by atoms with Gasteiger partial charge in [-0.2, -0.15) is 0 Å². The summed E-state index contributed by atoms with van der Waals surface area (Å²) in [6.45, 7) is 2.45. The van der Waals surface area contributed by atoms with Gasteiger partial charge in [0.25, 0.3) is 5.91 Å². The Morgan fingerprint density at radius 2 is 1.84 bits per heavy atom. The molecule has 38 heavy (non-hydrogen) atoms. The van der Waals surface area contributed by atoms with Gasteiger partial charge < -0.3 is 19.6 Å². The van der Waals surface area contributed by atoms with Crippen molar-refractivity contribution in [2.24, 2.45) is 0 Å². The van der Waals surface area contributed by atoms with Crippen LogP contribution in [-0.2, 0) is 24.2 Å². The Morgan fingerprint density at radius 1 is 1.05 bits per heavy atom. The summed E-state index contributed by atoms with van der Waals surface area (Å²) in [5, 5.41) is 12.3. The summed E-state index contributed by atoms with van der Waals surface area (Å²) in [6.07, 6.45) is 0.867. The largest absolute Gasteiger partial charge is 0.493 e. The lowest BCUT2D eigenvalue weighted by Crippen LogP contribution is -2.24. The van der Waals surface area contributed by atoms with E-state index >= 15 is 0 Å². The van der Waals surface area contributed by atoms with Gasteiger partial charge in [0.05, 0.1) is 22.9 Å². The van der Waals surface area contributed by atoms with E-state index in [2.05, 4.69) is 26.2 Å². The van der Waals surface area contributed by atoms with Crippen LogP contribution in [-0.4, -0.2) is 28.6 Å². The van der Waals surface area contributed by atoms with Crippen LogP contribution in [0.1, 0.15) is 39.4 Å². The number of carbonyl (C=O) groups is 2. The number of nitrogens with one attached hydrogen (secondary N) is 1. The van der Waals surface area contributed by atoms with Crippen LogP contribution in [0.5, 0.6) is 5.75 Å². The summed E-state index contributed by atoms with van der Waals surface area (Å²) in [5.41, 5.74) is 3.68. The number of amides is 1. The molecule has 0 spiro atoms. The zero-order valence-corrected chi connectivity index (χ0v) is 23.0. The first kappa shape index (κ1) is 27.4. The standard InChI is InChI=1S/C29H26BrClN2O5/c1-18-26(33-29(38-18)20-5-3-2-4-6-20)13-14-37-23-10-7-19(8-12-27(34)35)21(15-23)17-32-28(36)24-11-9-22(30)16-25(24)31/h2-7,9-11,15-16H,8,12-14,17H2,1H3,(H,32,36)(H,34,35). The minimum Gasteiger partial charge on any atom is -0.493 e. The number of carboxylic acids is 1. The second-order valence-corrected chi connectivity index (χ2v) is 9.94. The molecule has 0 fully saturated rings. The third kappa shape index (κ3) is 7.24. The summed E-state index contributed by atoms with van der Waals surface area (Å²) in [7, 11) is 0. The highest BCUT2D eigenvalue weighted by Crippen LogP contribution is 2.24. The first-order valence-corrected chi connectivity index (χ1v) is 13.2. The number of ether oxygens (including phenoxy) is 1. The number of carboxylic acid groups (broad SMARTS) is 1. The molecular weight excluding hydrogens is 572 g/mol. The van der Waals surface area contributed by atoms with Crippen LogP contribution in [0.4, 0.5) is 0 Å². The molecule has 3 aromatic carbocycles. The number of benzene rings is 3. The molecule has 2 N–H and O–H groups in total. The zero-order chi connectivity index (χ0) is 27.1. The van der Waals surface area contributed by atoms with Gasteiger partial charge in [0.2, 0.25) is 5.89 Å². The van der Waals surface area contributed by atoms with Gasteiger partial charge in [0.1, 0.15) is 11.5 Å². The van der Waals surface area contributed by atoms with Crippen molar-refractivity contribution in [3.05, 3.63) is 104 Å². The number of aromatic nitrogens is 1. The average molecular weight is 598 g/mol. The van der Waals surface area contributed by atoms with E-state index in [9.17, 15) is 9.59 Å². The SMILES string of the molecule is Cc1oc(-c2ccccc2)nc1CCOc1ccc(CCC(=O)O)c(CNC(=O)c2ccc(Br)cc2Cl)c1. The van der Waals surface area contributed by atoms with Crippen molar-refractivity contribution in [1.29, 1.82) is 0 Å². The number of halogens is 2. The number of hydrogen-bond donors (Lipinski definition) is 2. The Balaban J connectivity index is 1.43. The Kier molecular flexibility index (Phi) is 9.20.